The number of rotatable bonds is 6. The largest absolute Gasteiger partial charge is 0.474 e. The zero-order valence-electron chi connectivity index (χ0n) is 15.5. The molecule has 3 heteroatoms. The van der Waals surface area contributed by atoms with Gasteiger partial charge in [-0.25, -0.2) is 0 Å². The van der Waals surface area contributed by atoms with Gasteiger partial charge in [0.05, 0.1) is 0 Å². The minimum Gasteiger partial charge on any atom is -0.474 e. The maximum Gasteiger partial charge on any atom is 0.164 e. The Morgan fingerprint density at radius 2 is 1.70 bits per heavy atom. The number of ether oxygens (including phenoxy) is 1. The number of fused-ring (bicyclic) bond motifs is 1. The number of carbonyl (C=O) groups excluding carboxylic acids is 1. The summed E-state index contributed by atoms with van der Waals surface area (Å²) >= 11 is 0. The highest BCUT2D eigenvalue weighted by Crippen LogP contribution is 2.29. The fraction of sp³-hybridized carbons (Fsp3) is 0.292. The molecule has 0 radical (unpaired) electrons. The number of hydrogen-bond acceptors (Lipinski definition) is 3. The standard InChI is InChI=1S/C24H25NO2/c26-22(20-10-2-1-3-11-20)16-18-25-17-7-6-15-24(25)27-23-14-8-12-19-9-4-5-13-21(19)23/h1-5,8-14,24H,6-7,15-18H2. The van der Waals surface area contributed by atoms with E-state index in [-0.39, 0.29) is 12.0 Å². The summed E-state index contributed by atoms with van der Waals surface area (Å²) in [5, 5.41) is 2.34. The smallest absolute Gasteiger partial charge is 0.164 e. The second-order valence-electron chi connectivity index (χ2n) is 7.12. The van der Waals surface area contributed by atoms with Crippen LogP contribution in [0.1, 0.15) is 36.0 Å². The maximum atomic E-state index is 12.5. The summed E-state index contributed by atoms with van der Waals surface area (Å²) in [4.78, 5) is 14.8. The van der Waals surface area contributed by atoms with Crippen molar-refractivity contribution in [1.82, 2.24) is 4.90 Å². The van der Waals surface area contributed by atoms with Gasteiger partial charge in [0.1, 0.15) is 5.75 Å². The van der Waals surface area contributed by atoms with Crippen molar-refractivity contribution in [1.29, 1.82) is 0 Å². The van der Waals surface area contributed by atoms with Crippen molar-refractivity contribution in [2.45, 2.75) is 31.9 Å². The first-order valence-electron chi connectivity index (χ1n) is 9.78. The number of hydrogen-bond donors (Lipinski definition) is 0. The maximum absolute atomic E-state index is 12.5. The van der Waals surface area contributed by atoms with Crippen LogP contribution in [0.15, 0.2) is 72.8 Å². The molecule has 0 bridgehead atoms. The van der Waals surface area contributed by atoms with Gasteiger partial charge in [-0.2, -0.15) is 0 Å². The van der Waals surface area contributed by atoms with Gasteiger partial charge in [-0.1, -0.05) is 66.7 Å². The van der Waals surface area contributed by atoms with E-state index in [1.807, 2.05) is 54.6 Å². The molecule has 138 valence electrons. The number of benzene rings is 3. The fourth-order valence-electron chi connectivity index (χ4n) is 3.81. The van der Waals surface area contributed by atoms with E-state index in [4.69, 9.17) is 4.74 Å². The van der Waals surface area contributed by atoms with Gasteiger partial charge in [-0.3, -0.25) is 9.69 Å². The lowest BCUT2D eigenvalue weighted by atomic mass is 10.1. The highest BCUT2D eigenvalue weighted by Gasteiger charge is 2.25. The van der Waals surface area contributed by atoms with Crippen LogP contribution in [0.4, 0.5) is 0 Å². The highest BCUT2D eigenvalue weighted by molar-refractivity contribution is 5.96. The van der Waals surface area contributed by atoms with Gasteiger partial charge in [-0.15, -0.1) is 0 Å². The molecule has 1 aliphatic heterocycles. The van der Waals surface area contributed by atoms with Crippen LogP contribution in [-0.2, 0) is 0 Å². The third-order valence-corrected chi connectivity index (χ3v) is 5.29. The van der Waals surface area contributed by atoms with Gasteiger partial charge in [0, 0.05) is 30.5 Å². The van der Waals surface area contributed by atoms with Crippen molar-refractivity contribution in [3.63, 3.8) is 0 Å². The van der Waals surface area contributed by atoms with E-state index in [0.717, 1.165) is 42.6 Å². The minimum absolute atomic E-state index is 0.0353. The summed E-state index contributed by atoms with van der Waals surface area (Å²) in [6.07, 6.45) is 3.89. The Balaban J connectivity index is 1.45. The van der Waals surface area contributed by atoms with Crippen molar-refractivity contribution in [2.24, 2.45) is 0 Å². The number of likely N-dealkylation sites (tertiary alicyclic amines) is 1. The first-order valence-corrected chi connectivity index (χ1v) is 9.78. The molecule has 0 amide bonds. The molecule has 4 rings (SSSR count). The zero-order chi connectivity index (χ0) is 18.5. The van der Waals surface area contributed by atoms with E-state index in [2.05, 4.69) is 23.1 Å². The average molecular weight is 359 g/mol. The molecule has 0 saturated carbocycles. The number of ketones is 1. The summed E-state index contributed by atoms with van der Waals surface area (Å²) in [7, 11) is 0. The molecule has 3 aromatic carbocycles. The summed E-state index contributed by atoms with van der Waals surface area (Å²) in [5.41, 5.74) is 0.793. The first-order chi connectivity index (χ1) is 13.3. The van der Waals surface area contributed by atoms with Crippen LogP contribution in [0.25, 0.3) is 10.8 Å². The fourth-order valence-corrected chi connectivity index (χ4v) is 3.81. The molecule has 27 heavy (non-hydrogen) atoms. The van der Waals surface area contributed by atoms with Crippen molar-refractivity contribution in [3.8, 4) is 5.75 Å². The molecule has 1 atom stereocenters. The monoisotopic (exact) mass is 359 g/mol. The summed E-state index contributed by atoms with van der Waals surface area (Å²) in [6, 6.07) is 24.1. The predicted octanol–water partition coefficient (Wildman–Crippen LogP) is 5.30. The molecule has 1 fully saturated rings. The Morgan fingerprint density at radius 1 is 0.926 bits per heavy atom. The lowest BCUT2D eigenvalue weighted by molar-refractivity contribution is -0.00260. The van der Waals surface area contributed by atoms with Crippen LogP contribution in [0, 0.1) is 0 Å². The lowest BCUT2D eigenvalue weighted by Gasteiger charge is -2.35. The summed E-state index contributed by atoms with van der Waals surface area (Å²) in [6.45, 7) is 1.72. The van der Waals surface area contributed by atoms with E-state index in [0.29, 0.717) is 6.42 Å². The van der Waals surface area contributed by atoms with Crippen LogP contribution in [0.2, 0.25) is 0 Å². The predicted molar refractivity (Wildman–Crippen MR) is 109 cm³/mol. The normalized spacial score (nSPS) is 17.7. The number of Topliss-reactive ketones (excluding diaryl/α,β-unsaturated/α-hetero) is 1. The van der Waals surface area contributed by atoms with Gasteiger partial charge >= 0.3 is 0 Å². The van der Waals surface area contributed by atoms with Gasteiger partial charge in [-0.05, 0) is 30.7 Å². The molecule has 1 saturated heterocycles. The molecule has 3 aromatic rings. The van der Waals surface area contributed by atoms with Gasteiger partial charge in [0.15, 0.2) is 12.0 Å². The van der Waals surface area contributed by atoms with Crippen molar-refractivity contribution in [3.05, 3.63) is 78.4 Å². The van der Waals surface area contributed by atoms with Gasteiger partial charge in [0.25, 0.3) is 0 Å². The van der Waals surface area contributed by atoms with E-state index < -0.39 is 0 Å². The third kappa shape index (κ3) is 4.20. The second-order valence-corrected chi connectivity index (χ2v) is 7.12. The van der Waals surface area contributed by atoms with Gasteiger partial charge < -0.3 is 4.74 Å². The molecule has 0 aromatic heterocycles. The van der Waals surface area contributed by atoms with Crippen molar-refractivity contribution in [2.75, 3.05) is 13.1 Å². The Hall–Kier alpha value is -2.65. The summed E-state index contributed by atoms with van der Waals surface area (Å²) in [5.74, 6) is 1.13. The van der Waals surface area contributed by atoms with Crippen molar-refractivity contribution >= 4 is 16.6 Å². The highest BCUT2D eigenvalue weighted by atomic mass is 16.5. The third-order valence-electron chi connectivity index (χ3n) is 5.29. The zero-order valence-corrected chi connectivity index (χ0v) is 15.5. The SMILES string of the molecule is O=C(CCN1CCCCC1Oc1cccc2ccccc12)c1ccccc1. The lowest BCUT2D eigenvalue weighted by Crippen LogP contribution is -2.44. The molecule has 0 spiro atoms. The molecule has 3 nitrogen and oxygen atoms in total. The number of carbonyl (C=O) groups is 1. The molecule has 0 N–H and O–H groups in total. The molecular formula is C24H25NO2. The van der Waals surface area contributed by atoms with Gasteiger partial charge in [0.2, 0.25) is 0 Å². The minimum atomic E-state index is 0.0353. The Kier molecular flexibility index (Phi) is 5.50. The molecule has 0 aliphatic carbocycles. The summed E-state index contributed by atoms with van der Waals surface area (Å²) < 4.78 is 6.43. The van der Waals surface area contributed by atoms with Crippen LogP contribution < -0.4 is 4.74 Å². The van der Waals surface area contributed by atoms with Crippen LogP contribution in [-0.4, -0.2) is 30.0 Å². The van der Waals surface area contributed by atoms with E-state index in [1.165, 1.54) is 11.8 Å². The van der Waals surface area contributed by atoms with Crippen LogP contribution >= 0.6 is 0 Å². The second kappa shape index (κ2) is 8.36. The van der Waals surface area contributed by atoms with Crippen LogP contribution in [0.5, 0.6) is 5.75 Å². The molecule has 1 unspecified atom stereocenters. The Labute approximate surface area is 160 Å². The van der Waals surface area contributed by atoms with Crippen molar-refractivity contribution < 1.29 is 9.53 Å². The first kappa shape index (κ1) is 17.7. The molecular weight excluding hydrogens is 334 g/mol. The topological polar surface area (TPSA) is 29.5 Å². The average Bonchev–Trinajstić information content (AvgIpc) is 2.74. The Morgan fingerprint density at radius 3 is 2.59 bits per heavy atom. The van der Waals surface area contributed by atoms with E-state index >= 15 is 0 Å². The number of piperidine rings is 1. The quantitative estimate of drug-likeness (QED) is 0.559. The number of nitrogens with zero attached hydrogens (tertiary/aromatic N) is 1. The Bertz CT molecular complexity index is 901. The molecule has 1 aliphatic rings. The molecule has 1 heterocycles. The van der Waals surface area contributed by atoms with E-state index in [9.17, 15) is 4.79 Å². The van der Waals surface area contributed by atoms with E-state index in [1.54, 1.807) is 0 Å². The van der Waals surface area contributed by atoms with Crippen LogP contribution in [0.3, 0.4) is 0 Å².